The van der Waals surface area contributed by atoms with E-state index in [1.807, 2.05) is 26.8 Å². The van der Waals surface area contributed by atoms with Crippen LogP contribution in [0, 0.1) is 0 Å². The van der Waals surface area contributed by atoms with Crippen molar-refractivity contribution in [3.63, 3.8) is 0 Å². The van der Waals surface area contributed by atoms with Gasteiger partial charge in [0.2, 0.25) is 0 Å². The number of pyridine rings is 1. The first-order valence-corrected chi connectivity index (χ1v) is 8.44. The highest BCUT2D eigenvalue weighted by molar-refractivity contribution is 5.92. The summed E-state index contributed by atoms with van der Waals surface area (Å²) in [7, 11) is 0. The topological polar surface area (TPSA) is 83.6 Å². The number of anilines is 1. The van der Waals surface area contributed by atoms with Crippen LogP contribution >= 0.6 is 0 Å². The summed E-state index contributed by atoms with van der Waals surface area (Å²) in [4.78, 5) is 29.5. The molecule has 2 heterocycles. The first-order chi connectivity index (χ1) is 11.5. The molecule has 0 unspecified atom stereocenters. The van der Waals surface area contributed by atoms with Gasteiger partial charge in [-0.3, -0.25) is 4.79 Å². The van der Waals surface area contributed by atoms with Crippen molar-refractivity contribution < 1.29 is 14.3 Å². The van der Waals surface area contributed by atoms with Gasteiger partial charge in [-0.1, -0.05) is 0 Å². The van der Waals surface area contributed by atoms with E-state index in [0.717, 1.165) is 18.5 Å². The smallest absolute Gasteiger partial charge is 0.409 e. The van der Waals surface area contributed by atoms with E-state index in [1.165, 1.54) is 0 Å². The fourth-order valence-electron chi connectivity index (χ4n) is 2.61. The van der Waals surface area contributed by atoms with Gasteiger partial charge in [0.15, 0.2) is 0 Å². The SMILES string of the molecule is CCOC(=O)N1CCC(Nc2ccc(C(=O)NC(C)C)nc2)CC1. The van der Waals surface area contributed by atoms with Crippen LogP contribution in [0.1, 0.15) is 44.1 Å². The number of likely N-dealkylation sites (tertiary alicyclic amines) is 1. The highest BCUT2D eigenvalue weighted by Crippen LogP contribution is 2.17. The molecule has 0 saturated carbocycles. The fraction of sp³-hybridized carbons (Fsp3) is 0.588. The van der Waals surface area contributed by atoms with Gasteiger partial charge in [0.1, 0.15) is 5.69 Å². The number of rotatable bonds is 5. The normalized spacial score (nSPS) is 15.2. The third kappa shape index (κ3) is 5.11. The van der Waals surface area contributed by atoms with Crippen molar-refractivity contribution in [2.75, 3.05) is 25.0 Å². The lowest BCUT2D eigenvalue weighted by Gasteiger charge is -2.32. The van der Waals surface area contributed by atoms with E-state index in [9.17, 15) is 9.59 Å². The molecule has 0 spiro atoms. The van der Waals surface area contributed by atoms with E-state index in [0.29, 0.717) is 25.4 Å². The van der Waals surface area contributed by atoms with E-state index >= 15 is 0 Å². The Morgan fingerprint density at radius 3 is 2.58 bits per heavy atom. The van der Waals surface area contributed by atoms with Crippen LogP contribution in [-0.2, 0) is 4.74 Å². The van der Waals surface area contributed by atoms with Crippen molar-refractivity contribution >= 4 is 17.7 Å². The van der Waals surface area contributed by atoms with Crippen molar-refractivity contribution in [2.45, 2.75) is 45.7 Å². The average Bonchev–Trinajstić information content (AvgIpc) is 2.56. The number of ether oxygens (including phenoxy) is 1. The first kappa shape index (κ1) is 18.0. The minimum atomic E-state index is -0.238. The summed E-state index contributed by atoms with van der Waals surface area (Å²) in [5.74, 6) is -0.167. The molecule has 1 aromatic rings. The van der Waals surface area contributed by atoms with Crippen molar-refractivity contribution in [1.29, 1.82) is 0 Å². The Morgan fingerprint density at radius 2 is 2.04 bits per heavy atom. The number of aromatic nitrogens is 1. The molecule has 7 nitrogen and oxygen atoms in total. The standard InChI is InChI=1S/C17H26N4O3/c1-4-24-17(23)21-9-7-13(8-10-21)20-14-5-6-15(18-11-14)16(22)19-12(2)3/h5-6,11-13,20H,4,7-10H2,1-3H3,(H,19,22). The summed E-state index contributed by atoms with van der Waals surface area (Å²) in [5, 5.41) is 6.22. The molecule has 2 rings (SSSR count). The van der Waals surface area contributed by atoms with Crippen LogP contribution in [0.25, 0.3) is 0 Å². The summed E-state index contributed by atoms with van der Waals surface area (Å²) in [5.41, 5.74) is 1.29. The lowest BCUT2D eigenvalue weighted by molar-refractivity contribution is 0.0937. The molecule has 1 saturated heterocycles. The van der Waals surface area contributed by atoms with E-state index in [2.05, 4.69) is 15.6 Å². The minimum Gasteiger partial charge on any atom is -0.450 e. The van der Waals surface area contributed by atoms with E-state index in [1.54, 1.807) is 17.2 Å². The van der Waals surface area contributed by atoms with E-state index in [-0.39, 0.29) is 24.1 Å². The summed E-state index contributed by atoms with van der Waals surface area (Å²) >= 11 is 0. The minimum absolute atomic E-state index is 0.0849. The molecule has 24 heavy (non-hydrogen) atoms. The maximum Gasteiger partial charge on any atom is 0.409 e. The second-order valence-corrected chi connectivity index (χ2v) is 6.16. The van der Waals surface area contributed by atoms with Crippen LogP contribution in [0.5, 0.6) is 0 Å². The number of nitrogens with zero attached hydrogens (tertiary/aromatic N) is 2. The van der Waals surface area contributed by atoms with Crippen molar-refractivity contribution in [2.24, 2.45) is 0 Å². The largest absolute Gasteiger partial charge is 0.450 e. The van der Waals surface area contributed by atoms with Gasteiger partial charge >= 0.3 is 6.09 Å². The van der Waals surface area contributed by atoms with Crippen molar-refractivity contribution in [1.82, 2.24) is 15.2 Å². The quantitative estimate of drug-likeness (QED) is 0.863. The molecule has 0 aromatic carbocycles. The Hall–Kier alpha value is -2.31. The molecule has 1 aliphatic rings. The zero-order valence-electron chi connectivity index (χ0n) is 14.5. The van der Waals surface area contributed by atoms with Gasteiger partial charge in [-0.2, -0.15) is 0 Å². The number of hydrogen-bond donors (Lipinski definition) is 2. The maximum atomic E-state index is 11.9. The molecule has 1 aromatic heterocycles. The summed E-state index contributed by atoms with van der Waals surface area (Å²) in [6.07, 6.45) is 3.15. The van der Waals surface area contributed by atoms with Crippen LogP contribution < -0.4 is 10.6 Å². The van der Waals surface area contributed by atoms with Gasteiger partial charge in [0.05, 0.1) is 18.5 Å². The third-order valence-corrected chi connectivity index (χ3v) is 3.81. The summed E-state index contributed by atoms with van der Waals surface area (Å²) in [6, 6.07) is 3.95. The number of carbonyl (C=O) groups excluding carboxylic acids is 2. The maximum absolute atomic E-state index is 11.9. The lowest BCUT2D eigenvalue weighted by Crippen LogP contribution is -2.42. The van der Waals surface area contributed by atoms with Gasteiger partial charge in [0.25, 0.3) is 5.91 Å². The molecule has 2 N–H and O–H groups in total. The fourth-order valence-corrected chi connectivity index (χ4v) is 2.61. The molecule has 7 heteroatoms. The van der Waals surface area contributed by atoms with Crippen LogP contribution in [0.4, 0.5) is 10.5 Å². The van der Waals surface area contributed by atoms with Crippen molar-refractivity contribution in [3.05, 3.63) is 24.0 Å². The highest BCUT2D eigenvalue weighted by atomic mass is 16.6. The third-order valence-electron chi connectivity index (χ3n) is 3.81. The predicted octanol–water partition coefficient (Wildman–Crippen LogP) is 2.25. The Balaban J connectivity index is 1.82. The van der Waals surface area contributed by atoms with E-state index < -0.39 is 0 Å². The first-order valence-electron chi connectivity index (χ1n) is 8.44. The number of hydrogen-bond acceptors (Lipinski definition) is 5. The lowest BCUT2D eigenvalue weighted by atomic mass is 10.1. The van der Waals surface area contributed by atoms with Crippen LogP contribution in [0.15, 0.2) is 18.3 Å². The zero-order chi connectivity index (χ0) is 17.5. The Morgan fingerprint density at radius 1 is 1.33 bits per heavy atom. The zero-order valence-corrected chi connectivity index (χ0v) is 14.5. The molecule has 2 amide bonds. The van der Waals surface area contributed by atoms with Gasteiger partial charge < -0.3 is 20.3 Å². The molecular weight excluding hydrogens is 308 g/mol. The van der Waals surface area contributed by atoms with Gasteiger partial charge in [-0.15, -0.1) is 0 Å². The Bertz CT molecular complexity index is 551. The van der Waals surface area contributed by atoms with Crippen LogP contribution in [0.2, 0.25) is 0 Å². The second-order valence-electron chi connectivity index (χ2n) is 6.16. The molecule has 0 radical (unpaired) electrons. The molecular formula is C17H26N4O3. The van der Waals surface area contributed by atoms with Crippen molar-refractivity contribution in [3.8, 4) is 0 Å². The summed E-state index contributed by atoms with van der Waals surface area (Å²) < 4.78 is 5.02. The molecule has 0 atom stereocenters. The Kier molecular flexibility index (Phi) is 6.40. The van der Waals surface area contributed by atoms with Crippen LogP contribution in [0.3, 0.4) is 0 Å². The van der Waals surface area contributed by atoms with Gasteiger partial charge in [-0.05, 0) is 45.7 Å². The van der Waals surface area contributed by atoms with Gasteiger partial charge in [0, 0.05) is 25.2 Å². The molecule has 1 fully saturated rings. The molecule has 1 aliphatic heterocycles. The summed E-state index contributed by atoms with van der Waals surface area (Å²) in [6.45, 7) is 7.40. The molecule has 0 bridgehead atoms. The number of amides is 2. The monoisotopic (exact) mass is 334 g/mol. The molecule has 0 aliphatic carbocycles. The van der Waals surface area contributed by atoms with Gasteiger partial charge in [-0.25, -0.2) is 9.78 Å². The second kappa shape index (κ2) is 8.52. The number of piperidine rings is 1. The van der Waals surface area contributed by atoms with E-state index in [4.69, 9.17) is 4.74 Å². The number of carbonyl (C=O) groups is 2. The molecule has 132 valence electrons. The van der Waals surface area contributed by atoms with Crippen LogP contribution in [-0.4, -0.2) is 53.7 Å². The number of nitrogens with one attached hydrogen (secondary N) is 2. The highest BCUT2D eigenvalue weighted by Gasteiger charge is 2.23. The average molecular weight is 334 g/mol. The predicted molar refractivity (Wildman–Crippen MR) is 92.1 cm³/mol. The Labute approximate surface area is 142 Å².